The molecular formula is C17H14N2O. The van der Waals surface area contributed by atoms with Crippen molar-refractivity contribution in [1.29, 1.82) is 10.5 Å². The highest BCUT2D eigenvalue weighted by molar-refractivity contribution is 5.48. The van der Waals surface area contributed by atoms with Crippen molar-refractivity contribution in [3.8, 4) is 23.6 Å². The summed E-state index contributed by atoms with van der Waals surface area (Å²) < 4.78 is 5.83. The molecule has 0 amide bonds. The maximum absolute atomic E-state index is 8.97. The van der Waals surface area contributed by atoms with Crippen molar-refractivity contribution in [2.75, 3.05) is 0 Å². The van der Waals surface area contributed by atoms with E-state index in [0.29, 0.717) is 16.9 Å². The van der Waals surface area contributed by atoms with Gasteiger partial charge in [-0.1, -0.05) is 19.1 Å². The van der Waals surface area contributed by atoms with Crippen LogP contribution in [-0.4, -0.2) is 0 Å². The molecule has 0 atom stereocenters. The van der Waals surface area contributed by atoms with E-state index < -0.39 is 0 Å². The first kappa shape index (κ1) is 13.6. The fourth-order valence-corrected chi connectivity index (χ4v) is 1.89. The van der Waals surface area contributed by atoms with E-state index in [4.69, 9.17) is 15.3 Å². The average Bonchev–Trinajstić information content (AvgIpc) is 2.49. The van der Waals surface area contributed by atoms with Crippen molar-refractivity contribution < 1.29 is 4.74 Å². The van der Waals surface area contributed by atoms with E-state index in [1.807, 2.05) is 31.2 Å². The molecule has 0 saturated heterocycles. The summed E-state index contributed by atoms with van der Waals surface area (Å²) in [5, 5.41) is 17.9. The van der Waals surface area contributed by atoms with Crippen molar-refractivity contribution in [3.63, 3.8) is 0 Å². The Labute approximate surface area is 118 Å². The van der Waals surface area contributed by atoms with Crippen molar-refractivity contribution in [1.82, 2.24) is 0 Å². The molecule has 2 aromatic carbocycles. The summed E-state index contributed by atoms with van der Waals surface area (Å²) in [5.74, 6) is 1.26. The van der Waals surface area contributed by atoms with Gasteiger partial charge in [0.05, 0.1) is 23.3 Å². The number of rotatable bonds is 3. The summed E-state index contributed by atoms with van der Waals surface area (Å²) in [6.07, 6.45) is 0.929. The lowest BCUT2D eigenvalue weighted by Gasteiger charge is -2.10. The van der Waals surface area contributed by atoms with Crippen LogP contribution in [0.4, 0.5) is 0 Å². The smallest absolute Gasteiger partial charge is 0.130 e. The Morgan fingerprint density at radius 1 is 1.00 bits per heavy atom. The Balaban J connectivity index is 2.40. The highest BCUT2D eigenvalue weighted by Crippen LogP contribution is 2.27. The molecule has 2 rings (SSSR count). The molecule has 0 aliphatic rings. The summed E-state index contributed by atoms with van der Waals surface area (Å²) in [6, 6.07) is 14.9. The van der Waals surface area contributed by atoms with Gasteiger partial charge in [0.1, 0.15) is 11.5 Å². The van der Waals surface area contributed by atoms with Gasteiger partial charge < -0.3 is 4.74 Å². The zero-order valence-electron chi connectivity index (χ0n) is 11.5. The van der Waals surface area contributed by atoms with Gasteiger partial charge in [0, 0.05) is 0 Å². The van der Waals surface area contributed by atoms with E-state index in [0.717, 1.165) is 17.7 Å². The lowest BCUT2D eigenvalue weighted by Crippen LogP contribution is -1.91. The first-order valence-corrected chi connectivity index (χ1v) is 6.39. The predicted octanol–water partition coefficient (Wildman–Crippen LogP) is 4.09. The number of aryl methyl sites for hydroxylation is 2. The molecule has 0 bridgehead atoms. The van der Waals surface area contributed by atoms with Crippen molar-refractivity contribution in [2.45, 2.75) is 20.3 Å². The van der Waals surface area contributed by atoms with Crippen LogP contribution in [0.25, 0.3) is 0 Å². The van der Waals surface area contributed by atoms with Gasteiger partial charge in [0.25, 0.3) is 0 Å². The standard InChI is InChI=1S/C17H14N2O/c1-3-13-5-4-12(2)17(9-13)20-16-7-14(10-18)6-15(8-16)11-19/h4-9H,3H2,1-2H3. The summed E-state index contributed by atoms with van der Waals surface area (Å²) in [4.78, 5) is 0. The van der Waals surface area contributed by atoms with E-state index in [9.17, 15) is 0 Å². The minimum atomic E-state index is 0.420. The Kier molecular flexibility index (Phi) is 4.03. The molecule has 0 heterocycles. The maximum Gasteiger partial charge on any atom is 0.130 e. The Bertz CT molecular complexity index is 688. The first-order valence-electron chi connectivity index (χ1n) is 6.39. The fourth-order valence-electron chi connectivity index (χ4n) is 1.89. The van der Waals surface area contributed by atoms with Gasteiger partial charge in [-0.2, -0.15) is 10.5 Å². The van der Waals surface area contributed by atoms with Gasteiger partial charge in [-0.15, -0.1) is 0 Å². The summed E-state index contributed by atoms with van der Waals surface area (Å²) in [5.41, 5.74) is 3.04. The molecule has 98 valence electrons. The Morgan fingerprint density at radius 2 is 1.65 bits per heavy atom. The van der Waals surface area contributed by atoms with Crippen LogP contribution < -0.4 is 4.74 Å². The van der Waals surface area contributed by atoms with Crippen LogP contribution in [0.5, 0.6) is 11.5 Å². The second-order valence-corrected chi connectivity index (χ2v) is 4.53. The monoisotopic (exact) mass is 262 g/mol. The molecular weight excluding hydrogens is 248 g/mol. The van der Waals surface area contributed by atoms with Gasteiger partial charge in [-0.3, -0.25) is 0 Å². The molecule has 2 aromatic rings. The SMILES string of the molecule is CCc1ccc(C)c(Oc2cc(C#N)cc(C#N)c2)c1. The fraction of sp³-hybridized carbons (Fsp3) is 0.176. The topological polar surface area (TPSA) is 56.8 Å². The van der Waals surface area contributed by atoms with Crippen molar-refractivity contribution in [3.05, 3.63) is 58.7 Å². The normalized spacial score (nSPS) is 9.60. The third-order valence-corrected chi connectivity index (χ3v) is 3.05. The molecule has 0 radical (unpaired) electrons. The van der Waals surface area contributed by atoms with Crippen molar-refractivity contribution >= 4 is 0 Å². The van der Waals surface area contributed by atoms with E-state index in [2.05, 4.69) is 13.0 Å². The van der Waals surface area contributed by atoms with E-state index >= 15 is 0 Å². The minimum Gasteiger partial charge on any atom is -0.457 e. The van der Waals surface area contributed by atoms with Crippen LogP contribution in [0.15, 0.2) is 36.4 Å². The molecule has 0 saturated carbocycles. The van der Waals surface area contributed by atoms with Crippen LogP contribution in [-0.2, 0) is 6.42 Å². The lowest BCUT2D eigenvalue weighted by molar-refractivity contribution is 0.478. The van der Waals surface area contributed by atoms with Crippen LogP contribution in [0, 0.1) is 29.6 Å². The highest BCUT2D eigenvalue weighted by Gasteiger charge is 2.06. The summed E-state index contributed by atoms with van der Waals surface area (Å²) in [6.45, 7) is 4.05. The Hall–Kier alpha value is -2.78. The average molecular weight is 262 g/mol. The first-order chi connectivity index (χ1) is 9.66. The molecule has 20 heavy (non-hydrogen) atoms. The number of nitrogens with zero attached hydrogens (tertiary/aromatic N) is 2. The van der Waals surface area contributed by atoms with Gasteiger partial charge in [0.2, 0.25) is 0 Å². The van der Waals surface area contributed by atoms with Crippen LogP contribution in [0.1, 0.15) is 29.2 Å². The van der Waals surface area contributed by atoms with Crippen molar-refractivity contribution in [2.24, 2.45) is 0 Å². The number of hydrogen-bond acceptors (Lipinski definition) is 3. The number of benzene rings is 2. The highest BCUT2D eigenvalue weighted by atomic mass is 16.5. The van der Waals surface area contributed by atoms with Gasteiger partial charge in [-0.05, 0) is 48.7 Å². The molecule has 3 nitrogen and oxygen atoms in total. The quantitative estimate of drug-likeness (QED) is 0.837. The molecule has 0 aliphatic heterocycles. The van der Waals surface area contributed by atoms with Gasteiger partial charge in [-0.25, -0.2) is 0 Å². The van der Waals surface area contributed by atoms with Crippen LogP contribution in [0.3, 0.4) is 0 Å². The lowest BCUT2D eigenvalue weighted by atomic mass is 10.1. The Morgan fingerprint density at radius 3 is 2.20 bits per heavy atom. The van der Waals surface area contributed by atoms with E-state index in [1.54, 1.807) is 18.2 Å². The summed E-state index contributed by atoms with van der Waals surface area (Å²) in [7, 11) is 0. The van der Waals surface area contributed by atoms with Crippen LogP contribution >= 0.6 is 0 Å². The number of hydrogen-bond donors (Lipinski definition) is 0. The van der Waals surface area contributed by atoms with Gasteiger partial charge >= 0.3 is 0 Å². The van der Waals surface area contributed by atoms with Gasteiger partial charge in [0.15, 0.2) is 0 Å². The molecule has 0 unspecified atom stereocenters. The molecule has 0 aliphatic carbocycles. The van der Waals surface area contributed by atoms with E-state index in [1.165, 1.54) is 5.56 Å². The second kappa shape index (κ2) is 5.91. The molecule has 0 N–H and O–H groups in total. The molecule has 0 spiro atoms. The second-order valence-electron chi connectivity index (χ2n) is 4.53. The maximum atomic E-state index is 8.97. The molecule has 0 fully saturated rings. The zero-order chi connectivity index (χ0) is 14.5. The minimum absolute atomic E-state index is 0.420. The summed E-state index contributed by atoms with van der Waals surface area (Å²) >= 11 is 0. The number of nitriles is 2. The largest absolute Gasteiger partial charge is 0.457 e. The van der Waals surface area contributed by atoms with E-state index in [-0.39, 0.29) is 0 Å². The zero-order valence-corrected chi connectivity index (χ0v) is 11.5. The third-order valence-electron chi connectivity index (χ3n) is 3.05. The van der Waals surface area contributed by atoms with Crippen LogP contribution in [0.2, 0.25) is 0 Å². The third kappa shape index (κ3) is 2.96. The molecule has 0 aromatic heterocycles. The number of ether oxygens (including phenoxy) is 1. The predicted molar refractivity (Wildman–Crippen MR) is 76.5 cm³/mol. The molecule has 3 heteroatoms.